The molecule has 1 aliphatic heterocycles. The van der Waals surface area contributed by atoms with E-state index in [9.17, 15) is 14.4 Å². The van der Waals surface area contributed by atoms with E-state index in [0.717, 1.165) is 4.57 Å². The van der Waals surface area contributed by atoms with E-state index >= 15 is 0 Å². The number of ether oxygens (including phenoxy) is 1. The Kier molecular flexibility index (Phi) is 5.18. The van der Waals surface area contributed by atoms with Gasteiger partial charge in [-0.15, -0.1) is 0 Å². The molecule has 142 valence electrons. The predicted molar refractivity (Wildman–Crippen MR) is 86.5 cm³/mol. The van der Waals surface area contributed by atoms with Crippen LogP contribution in [0.15, 0.2) is 27.4 Å². The van der Waals surface area contributed by atoms with Gasteiger partial charge in [-0.2, -0.15) is 0 Å². The molecule has 0 spiro atoms. The third-order valence-corrected chi connectivity index (χ3v) is 3.79. The number of carbonyl (C=O) groups is 1. The minimum absolute atomic E-state index is 0.317. The summed E-state index contributed by atoms with van der Waals surface area (Å²) in [5.41, 5.74) is 0.180. The summed E-state index contributed by atoms with van der Waals surface area (Å²) < 4.78 is 8.36. The molecule has 4 N–H and O–H groups in total. The Hall–Kier alpha value is -3.12. The number of imidazole rings is 1. The Balaban J connectivity index is 0.000000190. The molecule has 26 heavy (non-hydrogen) atoms. The zero-order valence-electron chi connectivity index (χ0n) is 14.1. The topological polar surface area (TPSA) is 169 Å². The summed E-state index contributed by atoms with van der Waals surface area (Å²) in [6, 6.07) is 0. The van der Waals surface area contributed by atoms with Crippen LogP contribution in [0.2, 0.25) is 0 Å². The van der Waals surface area contributed by atoms with E-state index in [1.54, 1.807) is 18.7 Å². The summed E-state index contributed by atoms with van der Waals surface area (Å²) >= 11 is 0. The van der Waals surface area contributed by atoms with Crippen LogP contribution in [0, 0.1) is 0 Å². The first kappa shape index (κ1) is 19.2. The quantitative estimate of drug-likeness (QED) is 0.420. The van der Waals surface area contributed by atoms with Crippen molar-refractivity contribution in [1.82, 2.24) is 18.7 Å². The third kappa shape index (κ3) is 3.07. The van der Waals surface area contributed by atoms with E-state index in [1.807, 2.05) is 0 Å². The van der Waals surface area contributed by atoms with Gasteiger partial charge in [-0.25, -0.2) is 14.6 Å². The molecule has 2 atom stereocenters. The Labute approximate surface area is 145 Å². The first-order valence-corrected chi connectivity index (χ1v) is 7.30. The highest BCUT2D eigenvalue weighted by molar-refractivity contribution is 5.89. The number of hydrogen-bond acceptors (Lipinski definition) is 9. The van der Waals surface area contributed by atoms with Gasteiger partial charge in [-0.05, 0) is 0 Å². The highest BCUT2D eigenvalue weighted by Crippen LogP contribution is 2.20. The van der Waals surface area contributed by atoms with E-state index in [2.05, 4.69) is 9.72 Å². The number of carbonyl (C=O) groups excluding carboxylic acids is 1. The van der Waals surface area contributed by atoms with Crippen molar-refractivity contribution in [2.45, 2.75) is 12.2 Å². The molecule has 0 aliphatic carbocycles. The number of hydrogen-bond donors (Lipinski definition) is 4. The molecule has 3 heterocycles. The van der Waals surface area contributed by atoms with Crippen LogP contribution in [-0.4, -0.2) is 63.9 Å². The molecule has 12 heteroatoms. The monoisotopic (exact) mass is 370 g/mol. The molecule has 0 saturated carbocycles. The van der Waals surface area contributed by atoms with Crippen LogP contribution in [-0.2, 0) is 30.7 Å². The number of fused-ring (bicyclic) bond motifs is 1. The zero-order chi connectivity index (χ0) is 19.8. The third-order valence-electron chi connectivity index (χ3n) is 3.79. The van der Waals surface area contributed by atoms with Crippen molar-refractivity contribution >= 4 is 17.1 Å². The largest absolute Gasteiger partial charge is 0.505 e. The minimum Gasteiger partial charge on any atom is -0.505 e. The summed E-state index contributed by atoms with van der Waals surface area (Å²) in [5.74, 6) is -2.78. The zero-order valence-corrected chi connectivity index (χ0v) is 14.1. The van der Waals surface area contributed by atoms with Gasteiger partial charge in [-0.1, -0.05) is 0 Å². The molecule has 0 aromatic carbocycles. The van der Waals surface area contributed by atoms with E-state index in [0.29, 0.717) is 11.2 Å². The van der Waals surface area contributed by atoms with Crippen LogP contribution in [0.3, 0.4) is 0 Å². The molecule has 1 aliphatic rings. The van der Waals surface area contributed by atoms with Crippen LogP contribution in [0.5, 0.6) is 0 Å². The summed E-state index contributed by atoms with van der Waals surface area (Å²) in [4.78, 5) is 37.7. The van der Waals surface area contributed by atoms with Crippen LogP contribution in [0.4, 0.5) is 0 Å². The van der Waals surface area contributed by atoms with Crippen LogP contribution in [0.25, 0.3) is 11.2 Å². The van der Waals surface area contributed by atoms with Crippen molar-refractivity contribution in [3.63, 3.8) is 0 Å². The molecule has 12 nitrogen and oxygen atoms in total. The summed E-state index contributed by atoms with van der Waals surface area (Å²) in [6.07, 6.45) is -1.26. The van der Waals surface area contributed by atoms with Crippen molar-refractivity contribution in [1.29, 1.82) is 0 Å². The maximum Gasteiger partial charge on any atom is 0.377 e. The summed E-state index contributed by atoms with van der Waals surface area (Å²) in [6.45, 7) is -0.671. The van der Waals surface area contributed by atoms with Gasteiger partial charge in [0.2, 0.25) is 5.76 Å². The number of aliphatic hydroxyl groups excluding tert-OH is 4. The lowest BCUT2D eigenvalue weighted by atomic mass is 10.2. The van der Waals surface area contributed by atoms with Gasteiger partial charge in [0, 0.05) is 21.1 Å². The standard InChI is InChI=1S/C8H10N4O2.C6H8O6/c1-10-4-9-6-5(10)7(13)12(3)8(14)11(6)2;7-1-2(8)5-3(9)4(10)6(11)12-5/h4H,1-3H3;2,5,7-10H,1H2/t;2?,5-/m.1/s1. The fraction of sp³-hybridized carbons (Fsp3) is 0.429. The van der Waals surface area contributed by atoms with Gasteiger partial charge < -0.3 is 29.7 Å². The number of aromatic nitrogens is 4. The second kappa shape index (κ2) is 7.01. The fourth-order valence-corrected chi connectivity index (χ4v) is 2.29. The number of nitrogens with zero attached hydrogens (tertiary/aromatic N) is 4. The minimum atomic E-state index is -1.42. The molecule has 2 aromatic heterocycles. The van der Waals surface area contributed by atoms with Crippen molar-refractivity contribution in [3.8, 4) is 0 Å². The molecule has 0 radical (unpaired) electrons. The molecule has 2 aromatic rings. The Morgan fingerprint density at radius 2 is 1.81 bits per heavy atom. The maximum atomic E-state index is 11.7. The van der Waals surface area contributed by atoms with Gasteiger partial charge in [0.1, 0.15) is 6.10 Å². The lowest BCUT2D eigenvalue weighted by molar-refractivity contribution is -0.147. The van der Waals surface area contributed by atoms with Crippen LogP contribution < -0.4 is 11.2 Å². The number of esters is 1. The molecule has 0 fully saturated rings. The Morgan fingerprint density at radius 3 is 2.31 bits per heavy atom. The Bertz CT molecular complexity index is 999. The maximum absolute atomic E-state index is 11.7. The molecular weight excluding hydrogens is 352 g/mol. The molecule has 3 rings (SSSR count). The van der Waals surface area contributed by atoms with E-state index < -0.39 is 36.3 Å². The predicted octanol–water partition coefficient (Wildman–Crippen LogP) is -2.44. The molecule has 0 bridgehead atoms. The fourth-order valence-electron chi connectivity index (χ4n) is 2.29. The number of rotatable bonds is 2. The first-order chi connectivity index (χ1) is 12.1. The summed E-state index contributed by atoms with van der Waals surface area (Å²) in [7, 11) is 4.77. The molecular formula is C14H18N4O8. The van der Waals surface area contributed by atoms with E-state index in [4.69, 9.17) is 20.4 Å². The lowest BCUT2D eigenvalue weighted by Crippen LogP contribution is -2.37. The van der Waals surface area contributed by atoms with Crippen molar-refractivity contribution in [3.05, 3.63) is 38.7 Å². The smallest absolute Gasteiger partial charge is 0.377 e. The lowest BCUT2D eigenvalue weighted by Gasteiger charge is -2.13. The van der Waals surface area contributed by atoms with Crippen LogP contribution >= 0.6 is 0 Å². The highest BCUT2D eigenvalue weighted by atomic mass is 16.6. The Morgan fingerprint density at radius 1 is 1.19 bits per heavy atom. The van der Waals surface area contributed by atoms with Crippen molar-refractivity contribution in [2.24, 2.45) is 21.1 Å². The van der Waals surface area contributed by atoms with E-state index in [-0.39, 0.29) is 11.2 Å². The average molecular weight is 370 g/mol. The number of cyclic esters (lactones) is 1. The normalized spacial score (nSPS) is 17.9. The first-order valence-electron chi connectivity index (χ1n) is 7.30. The summed E-state index contributed by atoms with van der Waals surface area (Å²) in [5, 5.41) is 35.0. The second-order valence-electron chi connectivity index (χ2n) is 5.54. The van der Waals surface area contributed by atoms with Crippen molar-refractivity contribution in [2.75, 3.05) is 6.61 Å². The van der Waals surface area contributed by atoms with Gasteiger partial charge in [0.15, 0.2) is 23.0 Å². The van der Waals surface area contributed by atoms with Gasteiger partial charge in [-0.3, -0.25) is 13.9 Å². The van der Waals surface area contributed by atoms with E-state index in [1.165, 1.54) is 17.9 Å². The average Bonchev–Trinajstić information content (AvgIpc) is 3.13. The molecule has 0 amide bonds. The number of aryl methyl sites for hydroxylation is 2. The number of aliphatic hydroxyl groups is 4. The SMILES string of the molecule is Cn1c(=O)c2c(ncn2C)n(C)c1=O.O=C1O[C@H](C(O)CO)C(O)=C1O. The second-order valence-corrected chi connectivity index (χ2v) is 5.54. The molecule has 1 unspecified atom stereocenters. The van der Waals surface area contributed by atoms with Gasteiger partial charge >= 0.3 is 11.7 Å². The highest BCUT2D eigenvalue weighted by Gasteiger charge is 2.38. The van der Waals surface area contributed by atoms with Crippen molar-refractivity contribution < 1.29 is 30.0 Å². The van der Waals surface area contributed by atoms with Gasteiger partial charge in [0.25, 0.3) is 5.56 Å². The van der Waals surface area contributed by atoms with Gasteiger partial charge in [0.05, 0.1) is 12.9 Å². The van der Waals surface area contributed by atoms with Crippen LogP contribution in [0.1, 0.15) is 0 Å². The molecule has 0 saturated heterocycles.